The lowest BCUT2D eigenvalue weighted by atomic mass is 10.2. The highest BCUT2D eigenvalue weighted by atomic mass is 127. The van der Waals surface area contributed by atoms with E-state index >= 15 is 0 Å². The summed E-state index contributed by atoms with van der Waals surface area (Å²) < 4.78 is 2.58. The number of hydrogen-bond acceptors (Lipinski definition) is 0. The predicted octanol–water partition coefficient (Wildman–Crippen LogP) is 24.8. The second-order valence-electron chi connectivity index (χ2n) is 15.3. The quantitative estimate of drug-likeness (QED) is 0.0806. The van der Waals surface area contributed by atoms with E-state index in [1.54, 1.807) is 0 Å². The zero-order chi connectivity index (χ0) is 64.6. The Kier molecular flexibility index (Phi) is 87.7. The highest BCUT2D eigenvalue weighted by Gasteiger charge is 2.07. The molecule has 0 aliphatic rings. The summed E-state index contributed by atoms with van der Waals surface area (Å²) in [5, 5.41) is 0. The van der Waals surface area contributed by atoms with Crippen molar-refractivity contribution in [1.82, 2.24) is 0 Å². The summed E-state index contributed by atoms with van der Waals surface area (Å²) in [6.07, 6.45) is 10.1. The van der Waals surface area contributed by atoms with Crippen LogP contribution in [0, 0.1) is 66.6 Å². The summed E-state index contributed by atoms with van der Waals surface area (Å²) in [7, 11) is -1.82. The zero-order valence-electron chi connectivity index (χ0n) is 55.1. The average molecular weight is 1380 g/mol. The van der Waals surface area contributed by atoms with Gasteiger partial charge >= 0.3 is 0 Å². The highest BCUT2D eigenvalue weighted by Crippen LogP contribution is 2.03. The van der Waals surface area contributed by atoms with Gasteiger partial charge in [0.1, 0.15) is 16.9 Å². The first kappa shape index (κ1) is 93.9. The highest BCUT2D eigenvalue weighted by molar-refractivity contribution is 14.1. The van der Waals surface area contributed by atoms with Gasteiger partial charge in [-0.2, -0.15) is 0 Å². The number of terminal acetylenes is 2. The Morgan fingerprint density at radius 3 is 0.560 bits per heavy atom. The molecule has 0 nitrogen and oxygen atoms in total. The summed E-state index contributed by atoms with van der Waals surface area (Å²) in [5.41, 5.74) is 12.3. The molecule has 0 aliphatic heterocycles. The van der Waals surface area contributed by atoms with Gasteiger partial charge in [0.25, 0.3) is 0 Å². The van der Waals surface area contributed by atoms with E-state index in [0.717, 1.165) is 33.4 Å². The van der Waals surface area contributed by atoms with Crippen molar-refractivity contribution in [3.05, 3.63) is 283 Å². The van der Waals surface area contributed by atoms with Crippen LogP contribution in [0.2, 0.25) is 32.7 Å². The Morgan fingerprint density at radius 2 is 0.440 bits per heavy atom. The van der Waals surface area contributed by atoms with Gasteiger partial charge in [-0.1, -0.05) is 332 Å². The molecule has 0 saturated carbocycles. The summed E-state index contributed by atoms with van der Waals surface area (Å²) in [5.74, 6) is 18.2. The van der Waals surface area contributed by atoms with Gasteiger partial charge in [0, 0.05) is 40.5 Å². The summed E-state index contributed by atoms with van der Waals surface area (Å²) in [6.45, 7) is 43.0. The molecule has 0 N–H and O–H groups in total. The van der Waals surface area contributed by atoms with Gasteiger partial charge in [0.2, 0.25) is 0 Å². The Morgan fingerprint density at radius 1 is 0.286 bits per heavy atom. The maximum Gasteiger partial charge on any atom is 0.129 e. The van der Waals surface area contributed by atoms with Crippen LogP contribution in [-0.4, -0.2) is 16.9 Å². The van der Waals surface area contributed by atoms with Gasteiger partial charge < -0.3 is 0 Å². The molecule has 0 fully saturated rings. The number of benzene rings is 8. The summed E-state index contributed by atoms with van der Waals surface area (Å²) in [4.78, 5) is 0. The molecule has 0 unspecified atom stereocenters. The molecule has 4 heteroatoms. The van der Waals surface area contributed by atoms with E-state index in [1.807, 2.05) is 329 Å². The van der Waals surface area contributed by atoms with Gasteiger partial charge in [-0.3, -0.25) is 0 Å². The molecule has 0 amide bonds. The average Bonchev–Trinajstić information content (AvgIpc) is 3.58. The summed E-state index contributed by atoms with van der Waals surface area (Å²) >= 11 is 4.56. The monoisotopic (exact) mass is 1380 g/mol. The minimum absolute atomic E-state index is 0. The molecule has 0 radical (unpaired) electrons. The van der Waals surface area contributed by atoms with Crippen molar-refractivity contribution in [3.63, 3.8) is 0 Å². The molecular weight excluding hydrogens is 1270 g/mol. The molecule has 0 aliphatic carbocycles. The van der Waals surface area contributed by atoms with E-state index < -0.39 is 16.9 Å². The SMILES string of the molecule is C.C#C[SiH](C)C.C#Cc1ccccc1.C(#Cc1ccccc1)c1ccccc1.C(#Cc1ccccc1)c1ccccc1.CC.CC.CC.CC.CC.CC.CC.CC.C[Si](C)(C)C#Cc1ccccc1.Ic1ccccc1.Ic1ccccc1. The van der Waals surface area contributed by atoms with E-state index in [9.17, 15) is 0 Å². The zero-order valence-corrected chi connectivity index (χ0v) is 61.6. The predicted molar refractivity (Wildman–Crippen MR) is 412 cm³/mol. The molecule has 8 aromatic rings. The molecule has 8 rings (SSSR count). The van der Waals surface area contributed by atoms with E-state index in [0.29, 0.717) is 0 Å². The number of hydrogen-bond donors (Lipinski definition) is 0. The molecule has 0 atom stereocenters. The Hall–Kier alpha value is -6.55. The molecule has 8 aromatic carbocycles. The third-order valence-corrected chi connectivity index (χ3v) is 10.9. The van der Waals surface area contributed by atoms with Crippen molar-refractivity contribution < 1.29 is 0 Å². The van der Waals surface area contributed by atoms with Gasteiger partial charge in [-0.15, -0.1) is 23.9 Å². The Labute approximate surface area is 550 Å². The fourth-order valence-corrected chi connectivity index (χ4v) is 5.87. The van der Waals surface area contributed by atoms with E-state index in [2.05, 4.69) is 149 Å². The lowest BCUT2D eigenvalue weighted by Gasteiger charge is -2.02. The van der Waals surface area contributed by atoms with Crippen LogP contribution in [0.25, 0.3) is 0 Å². The van der Waals surface area contributed by atoms with Gasteiger partial charge in [-0.05, 0) is 142 Å². The van der Waals surface area contributed by atoms with Crippen LogP contribution < -0.4 is 0 Å². The van der Waals surface area contributed by atoms with Crippen LogP contribution in [-0.2, 0) is 0 Å². The van der Waals surface area contributed by atoms with Crippen molar-refractivity contribution in [3.8, 4) is 59.5 Å². The van der Waals surface area contributed by atoms with Crippen LogP contribution >= 0.6 is 45.2 Å². The molecule has 84 heavy (non-hydrogen) atoms. The second kappa shape index (κ2) is 78.5. The standard InChI is InChI=1S/2C14H10.C11H14Si.C8H6.2C6H5I.C4H8Si.8C2H6.CH4/c2*1-3-7-13(8-4-1)11-12-14-9-5-2-6-10-14;1-12(2,3)10-9-11-7-5-4-6-8-11;1-2-8-6-4-3-5-7-8;2*7-6-4-2-1-3-5-6;1-4-5(2)3;8*1-2;/h2*1-10H;4-8H,1-3H3;1,3-7H;2*1-5H;1,5H,2-3H3;8*1-2H3;1H4. The van der Waals surface area contributed by atoms with E-state index in [1.165, 1.54) is 7.14 Å². The molecule has 452 valence electrons. The lowest BCUT2D eigenvalue weighted by molar-refractivity contribution is 1.50. The minimum atomic E-state index is -1.20. The number of rotatable bonds is 0. The van der Waals surface area contributed by atoms with Gasteiger partial charge in [0.15, 0.2) is 0 Å². The molecule has 0 saturated heterocycles. The van der Waals surface area contributed by atoms with Crippen molar-refractivity contribution in [2.75, 3.05) is 0 Å². The first-order valence-corrected chi connectivity index (χ1v) is 38.2. The first-order chi connectivity index (χ1) is 40.5. The molecular formula is C80H110I2Si2. The van der Waals surface area contributed by atoms with Crippen molar-refractivity contribution in [2.45, 2.75) is 151 Å². The third kappa shape index (κ3) is 69.7. The van der Waals surface area contributed by atoms with Crippen molar-refractivity contribution in [1.29, 1.82) is 0 Å². The van der Waals surface area contributed by atoms with Crippen LogP contribution in [0.3, 0.4) is 0 Å². The van der Waals surface area contributed by atoms with Crippen molar-refractivity contribution >= 4 is 62.1 Å². The van der Waals surface area contributed by atoms with Gasteiger partial charge in [0.05, 0.1) is 0 Å². The maximum atomic E-state index is 5.10. The normalized spacial score (nSPS) is 7.64. The fourth-order valence-electron chi connectivity index (χ4n) is 4.52. The molecule has 0 aromatic heterocycles. The van der Waals surface area contributed by atoms with E-state index in [4.69, 9.17) is 12.8 Å². The number of halogens is 2. The second-order valence-corrected chi connectivity index (χ2v) is 25.1. The third-order valence-electron chi connectivity index (χ3n) is 7.89. The fraction of sp³-hybridized carbons (Fsp3) is 0.275. The molecule has 0 heterocycles. The summed E-state index contributed by atoms with van der Waals surface area (Å²) in [6, 6.07) is 80.2. The van der Waals surface area contributed by atoms with Crippen LogP contribution in [0.15, 0.2) is 243 Å². The smallest absolute Gasteiger partial charge is 0.129 e. The maximum absolute atomic E-state index is 5.10. The molecule has 0 spiro atoms. The largest absolute Gasteiger partial charge is 0.139 e. The van der Waals surface area contributed by atoms with Crippen LogP contribution in [0.5, 0.6) is 0 Å². The van der Waals surface area contributed by atoms with Crippen LogP contribution in [0.1, 0.15) is 152 Å². The van der Waals surface area contributed by atoms with Crippen LogP contribution in [0.4, 0.5) is 0 Å². The van der Waals surface area contributed by atoms with E-state index in [-0.39, 0.29) is 7.43 Å². The Bertz CT molecular complexity index is 2530. The Balaban J connectivity index is -0.000000131. The lowest BCUT2D eigenvalue weighted by Crippen LogP contribution is -2.16. The van der Waals surface area contributed by atoms with Crippen molar-refractivity contribution in [2.24, 2.45) is 0 Å². The van der Waals surface area contributed by atoms with Gasteiger partial charge in [-0.25, -0.2) is 0 Å². The molecule has 0 bridgehead atoms. The first-order valence-electron chi connectivity index (χ1n) is 29.7. The minimum Gasteiger partial charge on any atom is -0.139 e. The topological polar surface area (TPSA) is 0 Å².